The molecule has 7 heteroatoms. The summed E-state index contributed by atoms with van der Waals surface area (Å²) in [5, 5.41) is 0. The predicted octanol–water partition coefficient (Wildman–Crippen LogP) is 4.56. The molecule has 0 bridgehead atoms. The molecule has 2 aromatic heterocycles. The molecule has 142 valence electrons. The van der Waals surface area contributed by atoms with E-state index in [2.05, 4.69) is 9.97 Å². The third-order valence-electron chi connectivity index (χ3n) is 4.86. The molecule has 0 saturated carbocycles. The summed E-state index contributed by atoms with van der Waals surface area (Å²) in [4.78, 5) is 22.6. The minimum atomic E-state index is -4.42. The lowest BCUT2D eigenvalue weighted by atomic mass is 10.0. The van der Waals surface area contributed by atoms with E-state index in [-0.39, 0.29) is 12.3 Å². The second kappa shape index (κ2) is 6.74. The molecule has 1 amide bonds. The van der Waals surface area contributed by atoms with E-state index in [1.54, 1.807) is 29.4 Å². The van der Waals surface area contributed by atoms with Crippen molar-refractivity contribution in [3.05, 3.63) is 77.4 Å². The van der Waals surface area contributed by atoms with Crippen LogP contribution in [0.2, 0.25) is 0 Å². The number of amides is 1. The van der Waals surface area contributed by atoms with Crippen LogP contribution in [-0.2, 0) is 23.9 Å². The van der Waals surface area contributed by atoms with E-state index in [9.17, 15) is 18.0 Å². The van der Waals surface area contributed by atoms with E-state index >= 15 is 0 Å². The molecule has 1 aliphatic heterocycles. The second-order valence-corrected chi connectivity index (χ2v) is 6.73. The van der Waals surface area contributed by atoms with Crippen LogP contribution in [0.5, 0.6) is 0 Å². The Morgan fingerprint density at radius 2 is 1.93 bits per heavy atom. The van der Waals surface area contributed by atoms with Crippen molar-refractivity contribution in [2.45, 2.75) is 26.1 Å². The summed E-state index contributed by atoms with van der Waals surface area (Å²) in [6, 6.07) is 8.70. The molecule has 0 atom stereocenters. The molecule has 0 aliphatic carbocycles. The number of halogens is 3. The maximum absolute atomic E-state index is 13.0. The van der Waals surface area contributed by atoms with Gasteiger partial charge in [0.25, 0.3) is 0 Å². The van der Waals surface area contributed by atoms with Gasteiger partial charge in [-0.1, -0.05) is 12.1 Å². The zero-order valence-corrected chi connectivity index (χ0v) is 15.0. The Morgan fingerprint density at radius 1 is 1.11 bits per heavy atom. The molecule has 0 N–H and O–H groups in total. The van der Waals surface area contributed by atoms with Gasteiger partial charge in [-0.05, 0) is 47.9 Å². The molecule has 4 rings (SSSR count). The van der Waals surface area contributed by atoms with Gasteiger partial charge >= 0.3 is 6.18 Å². The highest BCUT2D eigenvalue weighted by Gasteiger charge is 2.31. The lowest BCUT2D eigenvalue weighted by molar-refractivity contribution is -0.137. The van der Waals surface area contributed by atoms with Crippen molar-refractivity contribution in [3.63, 3.8) is 0 Å². The Kier molecular flexibility index (Phi) is 4.37. The zero-order valence-electron chi connectivity index (χ0n) is 15.0. The number of hydrogen-bond acceptors (Lipinski definition) is 3. The van der Waals surface area contributed by atoms with Crippen molar-refractivity contribution in [1.29, 1.82) is 0 Å². The van der Waals surface area contributed by atoms with Crippen LogP contribution in [-0.4, -0.2) is 15.9 Å². The molecular weight excluding hydrogens is 367 g/mol. The first-order valence-corrected chi connectivity index (χ1v) is 8.69. The van der Waals surface area contributed by atoms with Gasteiger partial charge in [0.2, 0.25) is 5.91 Å². The number of carbonyl (C=O) groups is 1. The number of carbonyl (C=O) groups excluding carboxylic acids is 1. The quantitative estimate of drug-likeness (QED) is 0.666. The number of pyridine rings is 2. The van der Waals surface area contributed by atoms with Crippen LogP contribution >= 0.6 is 0 Å². The summed E-state index contributed by atoms with van der Waals surface area (Å²) in [5.74, 6) is -0.0908. The number of fused-ring (bicyclic) bond motifs is 1. The van der Waals surface area contributed by atoms with Crippen molar-refractivity contribution in [2.75, 3.05) is 4.90 Å². The van der Waals surface area contributed by atoms with Crippen molar-refractivity contribution >= 4 is 11.6 Å². The third-order valence-corrected chi connectivity index (χ3v) is 4.86. The molecule has 0 unspecified atom stereocenters. The van der Waals surface area contributed by atoms with Crippen molar-refractivity contribution in [3.8, 4) is 11.1 Å². The number of aryl methyl sites for hydroxylation is 1. The molecule has 4 nitrogen and oxygen atoms in total. The van der Waals surface area contributed by atoms with E-state index < -0.39 is 11.7 Å². The fourth-order valence-electron chi connectivity index (χ4n) is 3.26. The number of aromatic nitrogens is 2. The summed E-state index contributed by atoms with van der Waals surface area (Å²) < 4.78 is 39.1. The van der Waals surface area contributed by atoms with Gasteiger partial charge in [0.1, 0.15) is 0 Å². The standard InChI is InChI=1S/C21H16F3N3O/c1-13-5-6-25-10-16(13)12-27-19-8-15(11-26-18(19)9-20(27)28)14-3-2-4-17(7-14)21(22,23)24/h2-8,10-11H,9,12H2,1H3. The van der Waals surface area contributed by atoms with Gasteiger partial charge in [-0.3, -0.25) is 14.8 Å². The average molecular weight is 383 g/mol. The van der Waals surface area contributed by atoms with Crippen molar-refractivity contribution in [1.82, 2.24) is 9.97 Å². The predicted molar refractivity (Wildman–Crippen MR) is 98.5 cm³/mol. The number of anilines is 1. The fraction of sp³-hybridized carbons (Fsp3) is 0.190. The van der Waals surface area contributed by atoms with E-state index in [1.165, 1.54) is 12.3 Å². The maximum Gasteiger partial charge on any atom is 0.416 e. The Hall–Kier alpha value is -3.22. The SMILES string of the molecule is Cc1ccncc1CN1C(=O)Cc2ncc(-c3cccc(C(F)(F)F)c3)cc21. The van der Waals surface area contributed by atoms with Gasteiger partial charge < -0.3 is 4.90 Å². The van der Waals surface area contributed by atoms with Crippen LogP contribution < -0.4 is 4.90 Å². The first kappa shape index (κ1) is 18.2. The fourth-order valence-corrected chi connectivity index (χ4v) is 3.26. The van der Waals surface area contributed by atoms with Crippen molar-refractivity contribution < 1.29 is 18.0 Å². The van der Waals surface area contributed by atoms with Crippen LogP contribution in [0.1, 0.15) is 22.4 Å². The highest BCUT2D eigenvalue weighted by Crippen LogP contribution is 2.35. The molecule has 0 spiro atoms. The highest BCUT2D eigenvalue weighted by molar-refractivity contribution is 6.01. The Morgan fingerprint density at radius 3 is 2.68 bits per heavy atom. The van der Waals surface area contributed by atoms with Gasteiger partial charge in [-0.15, -0.1) is 0 Å². The monoisotopic (exact) mass is 383 g/mol. The van der Waals surface area contributed by atoms with Crippen LogP contribution in [0.3, 0.4) is 0 Å². The van der Waals surface area contributed by atoms with Crippen LogP contribution in [0.4, 0.5) is 18.9 Å². The van der Waals surface area contributed by atoms with Gasteiger partial charge in [-0.25, -0.2) is 0 Å². The maximum atomic E-state index is 13.0. The lowest BCUT2D eigenvalue weighted by Crippen LogP contribution is -2.26. The van der Waals surface area contributed by atoms with E-state index in [1.807, 2.05) is 13.0 Å². The zero-order chi connectivity index (χ0) is 19.9. The summed E-state index contributed by atoms with van der Waals surface area (Å²) in [6.45, 7) is 2.29. The highest BCUT2D eigenvalue weighted by atomic mass is 19.4. The topological polar surface area (TPSA) is 46.1 Å². The smallest absolute Gasteiger partial charge is 0.306 e. The number of alkyl halides is 3. The minimum Gasteiger partial charge on any atom is -0.306 e. The van der Waals surface area contributed by atoms with E-state index in [0.717, 1.165) is 23.3 Å². The summed E-state index contributed by atoms with van der Waals surface area (Å²) in [5.41, 5.74) is 3.40. The normalized spacial score (nSPS) is 13.7. The average Bonchev–Trinajstić information content (AvgIpc) is 2.97. The summed E-state index contributed by atoms with van der Waals surface area (Å²) in [7, 11) is 0. The van der Waals surface area contributed by atoms with Crippen LogP contribution in [0.15, 0.2) is 55.0 Å². The molecule has 0 radical (unpaired) electrons. The lowest BCUT2D eigenvalue weighted by Gasteiger charge is -2.19. The van der Waals surface area contributed by atoms with Crippen LogP contribution in [0.25, 0.3) is 11.1 Å². The number of rotatable bonds is 3. The number of hydrogen-bond donors (Lipinski definition) is 0. The van der Waals surface area contributed by atoms with Gasteiger partial charge in [-0.2, -0.15) is 13.2 Å². The molecule has 1 aromatic carbocycles. The number of nitrogens with zero attached hydrogens (tertiary/aromatic N) is 3. The molecular formula is C21H16F3N3O. The Bertz CT molecular complexity index is 1060. The molecule has 1 aliphatic rings. The molecule has 0 saturated heterocycles. The van der Waals surface area contributed by atoms with Gasteiger partial charge in [0.15, 0.2) is 0 Å². The first-order valence-electron chi connectivity index (χ1n) is 8.69. The largest absolute Gasteiger partial charge is 0.416 e. The Labute approximate surface area is 159 Å². The van der Waals surface area contributed by atoms with Crippen molar-refractivity contribution in [2.24, 2.45) is 0 Å². The minimum absolute atomic E-state index is 0.0908. The molecule has 28 heavy (non-hydrogen) atoms. The van der Waals surface area contributed by atoms with Gasteiger partial charge in [0.05, 0.1) is 29.9 Å². The first-order chi connectivity index (χ1) is 13.3. The van der Waals surface area contributed by atoms with E-state index in [0.29, 0.717) is 29.1 Å². The number of benzene rings is 1. The molecule has 0 fully saturated rings. The van der Waals surface area contributed by atoms with Crippen LogP contribution in [0, 0.1) is 6.92 Å². The summed E-state index contributed by atoms with van der Waals surface area (Å²) in [6.07, 6.45) is 0.675. The summed E-state index contributed by atoms with van der Waals surface area (Å²) >= 11 is 0. The molecule has 3 aromatic rings. The Balaban J connectivity index is 1.71. The second-order valence-electron chi connectivity index (χ2n) is 6.73. The van der Waals surface area contributed by atoms with Gasteiger partial charge in [0, 0.05) is 24.2 Å². The molecule has 3 heterocycles. The van der Waals surface area contributed by atoms with E-state index in [4.69, 9.17) is 0 Å². The third kappa shape index (κ3) is 3.35.